The van der Waals surface area contributed by atoms with E-state index >= 15 is 0 Å². The molecule has 0 atom stereocenters. The molecular formula is C19H16N2OS3. The number of thioether (sulfide) groups is 2. The summed E-state index contributed by atoms with van der Waals surface area (Å²) < 4.78 is 1.61. The van der Waals surface area contributed by atoms with Crippen LogP contribution in [0.3, 0.4) is 0 Å². The van der Waals surface area contributed by atoms with E-state index in [1.807, 2.05) is 59.9 Å². The largest absolute Gasteiger partial charge is 0.323 e. The lowest BCUT2D eigenvalue weighted by atomic mass is 10.2. The molecule has 0 saturated carbocycles. The molecule has 0 bridgehead atoms. The molecule has 126 valence electrons. The van der Waals surface area contributed by atoms with Crippen LogP contribution in [-0.2, 0) is 4.79 Å². The van der Waals surface area contributed by atoms with E-state index in [-0.39, 0.29) is 5.91 Å². The zero-order valence-electron chi connectivity index (χ0n) is 13.3. The molecule has 1 aliphatic heterocycles. The van der Waals surface area contributed by atoms with Crippen molar-refractivity contribution < 1.29 is 4.79 Å². The molecule has 6 heteroatoms. The molecule has 25 heavy (non-hydrogen) atoms. The van der Waals surface area contributed by atoms with Crippen LogP contribution >= 0.6 is 34.9 Å². The van der Waals surface area contributed by atoms with Crippen molar-refractivity contribution in [2.75, 3.05) is 16.8 Å². The Kier molecular flexibility index (Phi) is 5.10. The molecule has 1 fully saturated rings. The Morgan fingerprint density at radius 1 is 1.12 bits per heavy atom. The summed E-state index contributed by atoms with van der Waals surface area (Å²) >= 11 is 5.51. The van der Waals surface area contributed by atoms with Gasteiger partial charge in [-0.25, -0.2) is 4.98 Å². The van der Waals surface area contributed by atoms with Crippen LogP contribution in [0.1, 0.15) is 15.2 Å². The number of hydrogen-bond donors (Lipinski definition) is 1. The van der Waals surface area contributed by atoms with Crippen LogP contribution in [0.2, 0.25) is 0 Å². The lowest BCUT2D eigenvalue weighted by Gasteiger charge is -2.10. The van der Waals surface area contributed by atoms with Crippen molar-refractivity contribution in [2.45, 2.75) is 4.58 Å². The van der Waals surface area contributed by atoms with Gasteiger partial charge in [-0.2, -0.15) is 0 Å². The van der Waals surface area contributed by atoms with Crippen molar-refractivity contribution in [1.29, 1.82) is 0 Å². The average Bonchev–Trinajstić information content (AvgIpc) is 3.29. The van der Waals surface area contributed by atoms with E-state index in [0.29, 0.717) is 4.58 Å². The van der Waals surface area contributed by atoms with Crippen LogP contribution in [0.5, 0.6) is 0 Å². The molecular weight excluding hydrogens is 368 g/mol. The highest BCUT2D eigenvalue weighted by molar-refractivity contribution is 8.19. The molecule has 0 aliphatic carbocycles. The maximum absolute atomic E-state index is 12.2. The van der Waals surface area contributed by atoms with Crippen molar-refractivity contribution in [1.82, 2.24) is 4.98 Å². The first-order valence-electron chi connectivity index (χ1n) is 7.96. The second-order valence-corrected chi connectivity index (χ2v) is 9.33. The molecule has 3 nitrogen and oxygen atoms in total. The molecule has 2 heterocycles. The number of nitrogens with zero attached hydrogens (tertiary/aromatic N) is 1. The Morgan fingerprint density at radius 3 is 2.80 bits per heavy atom. The quantitative estimate of drug-likeness (QED) is 0.609. The summed E-state index contributed by atoms with van der Waals surface area (Å²) in [6, 6.07) is 16.1. The molecule has 2 aromatic carbocycles. The summed E-state index contributed by atoms with van der Waals surface area (Å²) in [5, 5.41) is 3.78. The summed E-state index contributed by atoms with van der Waals surface area (Å²) in [4.78, 5) is 16.7. The first kappa shape index (κ1) is 16.7. The van der Waals surface area contributed by atoms with E-state index < -0.39 is 0 Å². The Hall–Kier alpha value is -1.76. The van der Waals surface area contributed by atoms with E-state index in [1.54, 1.807) is 23.5 Å². The van der Waals surface area contributed by atoms with Gasteiger partial charge in [0, 0.05) is 23.3 Å². The van der Waals surface area contributed by atoms with Crippen molar-refractivity contribution in [3.8, 4) is 0 Å². The highest BCUT2D eigenvalue weighted by atomic mass is 32.2. The molecule has 1 N–H and O–H groups in total. The molecule has 0 unspecified atom stereocenters. The van der Waals surface area contributed by atoms with E-state index in [0.717, 1.165) is 20.9 Å². The number of fused-ring (bicyclic) bond motifs is 1. The third kappa shape index (κ3) is 4.08. The van der Waals surface area contributed by atoms with Crippen LogP contribution in [0.4, 0.5) is 5.69 Å². The predicted octanol–water partition coefficient (Wildman–Crippen LogP) is 5.43. The van der Waals surface area contributed by atoms with Gasteiger partial charge in [0.05, 0.1) is 14.8 Å². The van der Waals surface area contributed by atoms with Gasteiger partial charge < -0.3 is 5.32 Å². The Labute approximate surface area is 158 Å². The lowest BCUT2D eigenvalue weighted by Crippen LogP contribution is -2.07. The van der Waals surface area contributed by atoms with Crippen LogP contribution < -0.4 is 5.32 Å². The summed E-state index contributed by atoms with van der Waals surface area (Å²) in [6.45, 7) is 0. The van der Waals surface area contributed by atoms with Gasteiger partial charge in [-0.05, 0) is 35.9 Å². The second kappa shape index (κ2) is 7.64. The minimum absolute atomic E-state index is 0.136. The molecule has 1 amide bonds. The molecule has 3 aromatic rings. The molecule has 1 aromatic heterocycles. The number of aromatic nitrogens is 1. The number of amides is 1. The van der Waals surface area contributed by atoms with Crippen molar-refractivity contribution in [3.05, 3.63) is 65.2 Å². The summed E-state index contributed by atoms with van der Waals surface area (Å²) in [5.41, 5.74) is 3.07. The third-order valence-corrected chi connectivity index (χ3v) is 7.84. The minimum atomic E-state index is -0.136. The Bertz CT molecular complexity index is 896. The van der Waals surface area contributed by atoms with Gasteiger partial charge >= 0.3 is 0 Å². The highest BCUT2D eigenvalue weighted by Gasteiger charge is 2.18. The fraction of sp³-hybridized carbons (Fsp3) is 0.158. The van der Waals surface area contributed by atoms with Crippen LogP contribution in [0, 0.1) is 0 Å². The number of hydrogen-bond acceptors (Lipinski definition) is 5. The molecule has 1 saturated heterocycles. The number of nitrogens with one attached hydrogen (secondary N) is 1. The normalized spacial score (nSPS) is 15.2. The van der Waals surface area contributed by atoms with E-state index in [2.05, 4.69) is 22.4 Å². The van der Waals surface area contributed by atoms with Gasteiger partial charge in [0.15, 0.2) is 0 Å². The summed E-state index contributed by atoms with van der Waals surface area (Å²) in [7, 11) is 0. The number of para-hydroxylation sites is 1. The van der Waals surface area contributed by atoms with Gasteiger partial charge in [-0.3, -0.25) is 4.79 Å². The van der Waals surface area contributed by atoms with Gasteiger partial charge in [-0.1, -0.05) is 24.3 Å². The maximum Gasteiger partial charge on any atom is 0.248 e. The summed E-state index contributed by atoms with van der Waals surface area (Å²) in [5.74, 6) is 2.25. The van der Waals surface area contributed by atoms with Gasteiger partial charge in [-0.15, -0.1) is 34.9 Å². The highest BCUT2D eigenvalue weighted by Crippen LogP contribution is 2.45. The lowest BCUT2D eigenvalue weighted by molar-refractivity contribution is -0.111. The summed E-state index contributed by atoms with van der Waals surface area (Å²) in [6.07, 6.45) is 3.32. The smallest absolute Gasteiger partial charge is 0.248 e. The van der Waals surface area contributed by atoms with Gasteiger partial charge in [0.1, 0.15) is 5.01 Å². The number of benzene rings is 2. The number of anilines is 1. The Morgan fingerprint density at radius 2 is 1.96 bits per heavy atom. The van der Waals surface area contributed by atoms with E-state index in [9.17, 15) is 4.79 Å². The van der Waals surface area contributed by atoms with Gasteiger partial charge in [0.2, 0.25) is 5.91 Å². The zero-order valence-corrected chi connectivity index (χ0v) is 15.8. The molecule has 4 rings (SSSR count). The minimum Gasteiger partial charge on any atom is -0.323 e. The van der Waals surface area contributed by atoms with Crippen LogP contribution in [0.25, 0.3) is 16.3 Å². The standard InChI is InChI=1S/C19H16N2OS3/c22-17(8-9-18-21-15-6-1-2-7-16(15)25-18)20-14-5-3-4-13(12-14)19-23-10-11-24-19/h1-9,12,19H,10-11H2,(H,20,22)/b9-8+. The van der Waals surface area contributed by atoms with E-state index in [1.165, 1.54) is 17.1 Å². The molecule has 1 aliphatic rings. The first-order valence-corrected chi connectivity index (χ1v) is 10.9. The monoisotopic (exact) mass is 384 g/mol. The predicted molar refractivity (Wildman–Crippen MR) is 111 cm³/mol. The van der Waals surface area contributed by atoms with Crippen molar-refractivity contribution in [3.63, 3.8) is 0 Å². The maximum atomic E-state index is 12.2. The number of carbonyl (C=O) groups excluding carboxylic acids is 1. The van der Waals surface area contributed by atoms with Crippen molar-refractivity contribution in [2.24, 2.45) is 0 Å². The number of carbonyl (C=O) groups is 1. The van der Waals surface area contributed by atoms with Crippen LogP contribution in [-0.4, -0.2) is 22.4 Å². The third-order valence-electron chi connectivity index (χ3n) is 3.74. The van der Waals surface area contributed by atoms with Crippen LogP contribution in [0.15, 0.2) is 54.6 Å². The number of thiazole rings is 1. The average molecular weight is 385 g/mol. The zero-order chi connectivity index (χ0) is 17.1. The fourth-order valence-electron chi connectivity index (χ4n) is 2.61. The first-order chi connectivity index (χ1) is 12.3. The molecule has 0 radical (unpaired) electrons. The molecule has 0 spiro atoms. The Balaban J connectivity index is 1.43. The second-order valence-electron chi connectivity index (χ2n) is 5.54. The topological polar surface area (TPSA) is 42.0 Å². The van der Waals surface area contributed by atoms with Gasteiger partial charge in [0.25, 0.3) is 0 Å². The fourth-order valence-corrected chi connectivity index (χ4v) is 6.31. The number of rotatable bonds is 4. The van der Waals surface area contributed by atoms with Crippen molar-refractivity contribution >= 4 is 62.7 Å². The van der Waals surface area contributed by atoms with E-state index in [4.69, 9.17) is 0 Å². The SMILES string of the molecule is O=C(/C=C/c1nc2ccccc2s1)Nc1cccc(C2SCCS2)c1.